The monoisotopic (exact) mass is 314 g/mol. The minimum absolute atomic E-state index is 0.214. The molecule has 0 atom stereocenters. The SMILES string of the molecule is C/C=C1\C=CC(C(=O)OCC)(C(=O)OCC)Cc2ccccc21. The molecule has 0 heterocycles. The van der Waals surface area contributed by atoms with Crippen molar-refractivity contribution < 1.29 is 19.1 Å². The molecule has 0 saturated carbocycles. The van der Waals surface area contributed by atoms with Gasteiger partial charge >= 0.3 is 11.9 Å². The van der Waals surface area contributed by atoms with Crippen LogP contribution in [0.1, 0.15) is 31.9 Å². The predicted molar refractivity (Wildman–Crippen MR) is 88.6 cm³/mol. The van der Waals surface area contributed by atoms with E-state index in [-0.39, 0.29) is 19.6 Å². The Bertz CT molecular complexity index is 637. The fourth-order valence-electron chi connectivity index (χ4n) is 2.77. The van der Waals surface area contributed by atoms with Crippen LogP contribution in [0.25, 0.3) is 5.57 Å². The molecule has 1 aliphatic carbocycles. The van der Waals surface area contributed by atoms with Crippen molar-refractivity contribution in [2.75, 3.05) is 13.2 Å². The number of ether oxygens (including phenoxy) is 2. The number of carbonyl (C=O) groups is 2. The van der Waals surface area contributed by atoms with E-state index in [2.05, 4.69) is 0 Å². The van der Waals surface area contributed by atoms with Gasteiger partial charge in [-0.3, -0.25) is 9.59 Å². The highest BCUT2D eigenvalue weighted by molar-refractivity contribution is 6.04. The van der Waals surface area contributed by atoms with E-state index in [0.29, 0.717) is 0 Å². The molecule has 0 N–H and O–H groups in total. The summed E-state index contributed by atoms with van der Waals surface area (Å²) in [6.45, 7) is 5.81. The largest absolute Gasteiger partial charge is 0.465 e. The molecular formula is C19H22O4. The van der Waals surface area contributed by atoms with Crippen LogP contribution in [0.3, 0.4) is 0 Å². The number of benzene rings is 1. The van der Waals surface area contributed by atoms with Gasteiger partial charge in [0.1, 0.15) is 0 Å². The fourth-order valence-corrected chi connectivity index (χ4v) is 2.77. The number of hydrogen-bond acceptors (Lipinski definition) is 4. The second-order valence-electron chi connectivity index (χ2n) is 5.32. The van der Waals surface area contributed by atoms with Gasteiger partial charge in [-0.15, -0.1) is 0 Å². The van der Waals surface area contributed by atoms with E-state index in [1.54, 1.807) is 26.0 Å². The Labute approximate surface area is 136 Å². The zero-order valence-corrected chi connectivity index (χ0v) is 13.8. The van der Waals surface area contributed by atoms with Gasteiger partial charge in [-0.2, -0.15) is 0 Å². The second kappa shape index (κ2) is 7.27. The van der Waals surface area contributed by atoms with Crippen molar-refractivity contribution in [2.45, 2.75) is 27.2 Å². The first-order valence-electron chi connectivity index (χ1n) is 7.87. The lowest BCUT2D eigenvalue weighted by Crippen LogP contribution is -2.42. The molecule has 0 amide bonds. The lowest BCUT2D eigenvalue weighted by atomic mass is 9.81. The summed E-state index contributed by atoms with van der Waals surface area (Å²) in [4.78, 5) is 25.2. The van der Waals surface area contributed by atoms with Gasteiger partial charge in [0.05, 0.1) is 13.2 Å². The molecule has 0 bridgehead atoms. The number of esters is 2. The van der Waals surface area contributed by atoms with Crippen LogP contribution in [0, 0.1) is 5.41 Å². The molecule has 0 radical (unpaired) electrons. The van der Waals surface area contributed by atoms with Crippen LogP contribution in [-0.4, -0.2) is 25.2 Å². The molecule has 23 heavy (non-hydrogen) atoms. The molecule has 0 spiro atoms. The molecule has 0 saturated heterocycles. The minimum Gasteiger partial charge on any atom is -0.465 e. The average molecular weight is 314 g/mol. The van der Waals surface area contributed by atoms with Crippen LogP contribution in [-0.2, 0) is 25.5 Å². The van der Waals surface area contributed by atoms with Gasteiger partial charge in [0.25, 0.3) is 0 Å². The minimum atomic E-state index is -1.44. The Morgan fingerprint density at radius 3 is 2.30 bits per heavy atom. The highest BCUT2D eigenvalue weighted by Crippen LogP contribution is 2.36. The van der Waals surface area contributed by atoms with E-state index >= 15 is 0 Å². The highest BCUT2D eigenvalue weighted by atomic mass is 16.6. The van der Waals surface area contributed by atoms with Crippen molar-refractivity contribution in [3.63, 3.8) is 0 Å². The van der Waals surface area contributed by atoms with E-state index in [1.807, 2.05) is 37.3 Å². The third-order valence-corrected chi connectivity index (χ3v) is 3.94. The van der Waals surface area contributed by atoms with E-state index in [9.17, 15) is 9.59 Å². The Hall–Kier alpha value is -2.36. The average Bonchev–Trinajstić information content (AvgIpc) is 2.72. The van der Waals surface area contributed by atoms with E-state index in [1.165, 1.54) is 0 Å². The molecule has 4 heteroatoms. The van der Waals surface area contributed by atoms with Crippen molar-refractivity contribution in [1.29, 1.82) is 0 Å². The zero-order valence-electron chi connectivity index (χ0n) is 13.8. The van der Waals surface area contributed by atoms with Gasteiger partial charge in [0.2, 0.25) is 0 Å². The molecule has 1 aliphatic rings. The molecule has 122 valence electrons. The zero-order chi connectivity index (χ0) is 16.9. The summed E-state index contributed by atoms with van der Waals surface area (Å²) in [7, 11) is 0. The van der Waals surface area contributed by atoms with Crippen molar-refractivity contribution in [3.8, 4) is 0 Å². The first-order valence-corrected chi connectivity index (χ1v) is 7.87. The number of allylic oxidation sites excluding steroid dienone is 3. The van der Waals surface area contributed by atoms with Crippen molar-refractivity contribution in [2.24, 2.45) is 5.41 Å². The van der Waals surface area contributed by atoms with Crippen LogP contribution in [0.2, 0.25) is 0 Å². The molecule has 0 aromatic heterocycles. The number of hydrogen-bond donors (Lipinski definition) is 0. The van der Waals surface area contributed by atoms with E-state index < -0.39 is 17.4 Å². The summed E-state index contributed by atoms with van der Waals surface area (Å²) in [5, 5.41) is 0. The topological polar surface area (TPSA) is 52.6 Å². The highest BCUT2D eigenvalue weighted by Gasteiger charge is 2.48. The van der Waals surface area contributed by atoms with E-state index in [0.717, 1.165) is 16.7 Å². The normalized spacial score (nSPS) is 17.3. The molecule has 4 nitrogen and oxygen atoms in total. The van der Waals surface area contributed by atoms with E-state index in [4.69, 9.17) is 9.47 Å². The fraction of sp³-hybridized carbons (Fsp3) is 0.368. The maximum Gasteiger partial charge on any atom is 0.327 e. The van der Waals surface area contributed by atoms with Gasteiger partial charge in [-0.25, -0.2) is 0 Å². The number of rotatable bonds is 4. The third-order valence-electron chi connectivity index (χ3n) is 3.94. The summed E-state index contributed by atoms with van der Waals surface area (Å²) in [6, 6.07) is 7.76. The molecule has 0 aliphatic heterocycles. The Kier molecular flexibility index (Phi) is 5.37. The Balaban J connectivity index is 2.59. The summed E-state index contributed by atoms with van der Waals surface area (Å²) < 4.78 is 10.4. The van der Waals surface area contributed by atoms with Crippen LogP contribution in [0.4, 0.5) is 0 Å². The quantitative estimate of drug-likeness (QED) is 0.632. The van der Waals surface area contributed by atoms with Crippen LogP contribution < -0.4 is 0 Å². The molecule has 0 fully saturated rings. The predicted octanol–water partition coefficient (Wildman–Crippen LogP) is 3.31. The van der Waals surface area contributed by atoms with Gasteiger partial charge in [-0.1, -0.05) is 42.5 Å². The molecule has 1 aromatic rings. The van der Waals surface area contributed by atoms with Crippen molar-refractivity contribution >= 4 is 17.5 Å². The van der Waals surface area contributed by atoms with Gasteiger partial charge in [-0.05, 0) is 37.5 Å². The van der Waals surface area contributed by atoms with Gasteiger partial charge < -0.3 is 9.47 Å². The summed E-state index contributed by atoms with van der Waals surface area (Å²) in [6.07, 6.45) is 5.62. The van der Waals surface area contributed by atoms with Crippen molar-refractivity contribution in [3.05, 3.63) is 53.6 Å². The van der Waals surface area contributed by atoms with Crippen molar-refractivity contribution in [1.82, 2.24) is 0 Å². The lowest BCUT2D eigenvalue weighted by Gasteiger charge is -2.25. The Morgan fingerprint density at radius 2 is 1.74 bits per heavy atom. The summed E-state index contributed by atoms with van der Waals surface area (Å²) in [5.41, 5.74) is 1.47. The molecule has 2 rings (SSSR count). The maximum absolute atomic E-state index is 12.6. The molecule has 0 unspecified atom stereocenters. The number of fused-ring (bicyclic) bond motifs is 1. The summed E-state index contributed by atoms with van der Waals surface area (Å²) >= 11 is 0. The standard InChI is InChI=1S/C19H22O4/c1-4-14-11-12-19(17(20)22-5-2,18(21)23-6-3)13-15-9-7-8-10-16(14)15/h4,7-12H,5-6,13H2,1-3H3/b14-4+. The Morgan fingerprint density at radius 1 is 1.13 bits per heavy atom. The number of carbonyl (C=O) groups excluding carboxylic acids is 2. The second-order valence-corrected chi connectivity index (χ2v) is 5.32. The van der Waals surface area contributed by atoms with Gasteiger partial charge in [0, 0.05) is 6.42 Å². The first kappa shape index (κ1) is 17.0. The van der Waals surface area contributed by atoms with Crippen LogP contribution >= 0.6 is 0 Å². The maximum atomic E-state index is 12.6. The smallest absolute Gasteiger partial charge is 0.327 e. The van der Waals surface area contributed by atoms with Gasteiger partial charge in [0.15, 0.2) is 5.41 Å². The van der Waals surface area contributed by atoms with Crippen LogP contribution in [0.15, 0.2) is 42.5 Å². The first-order chi connectivity index (χ1) is 11.1. The van der Waals surface area contributed by atoms with Crippen LogP contribution in [0.5, 0.6) is 0 Å². The molecular weight excluding hydrogens is 292 g/mol. The summed E-state index contributed by atoms with van der Waals surface area (Å²) in [5.74, 6) is -1.14. The third kappa shape index (κ3) is 3.21. The lowest BCUT2D eigenvalue weighted by molar-refractivity contribution is -0.167. The molecule has 1 aromatic carbocycles.